The second-order valence-corrected chi connectivity index (χ2v) is 8.30. The van der Waals surface area contributed by atoms with Gasteiger partial charge < -0.3 is 9.72 Å². The summed E-state index contributed by atoms with van der Waals surface area (Å²) in [5.74, 6) is 0.301. The van der Waals surface area contributed by atoms with Crippen LogP contribution >= 0.6 is 23.1 Å². The van der Waals surface area contributed by atoms with Gasteiger partial charge in [0.05, 0.1) is 11.1 Å². The molecule has 0 atom stereocenters. The van der Waals surface area contributed by atoms with Gasteiger partial charge in [-0.15, -0.1) is 23.1 Å². The highest BCUT2D eigenvalue weighted by molar-refractivity contribution is 8.00. The minimum atomic E-state index is -0.327. The van der Waals surface area contributed by atoms with Crippen molar-refractivity contribution < 1.29 is 9.53 Å². The summed E-state index contributed by atoms with van der Waals surface area (Å²) >= 11 is 3.02. The predicted molar refractivity (Wildman–Crippen MR) is 104 cm³/mol. The number of aryl methyl sites for hydroxylation is 2. The molecule has 2 aromatic heterocycles. The fraction of sp³-hybridized carbons (Fsp3) is 0.316. The molecule has 3 aromatic rings. The van der Waals surface area contributed by atoms with Gasteiger partial charge in [-0.25, -0.2) is 4.98 Å². The topological polar surface area (TPSA) is 72.0 Å². The molecule has 26 heavy (non-hydrogen) atoms. The molecule has 0 amide bonds. The van der Waals surface area contributed by atoms with Crippen LogP contribution in [-0.4, -0.2) is 21.7 Å². The Balaban J connectivity index is 1.42. The average molecular weight is 386 g/mol. The third-order valence-electron chi connectivity index (χ3n) is 4.34. The lowest BCUT2D eigenvalue weighted by Crippen LogP contribution is -2.15. The van der Waals surface area contributed by atoms with Crippen LogP contribution in [0.4, 0.5) is 0 Å². The number of H-pyrrole nitrogens is 1. The van der Waals surface area contributed by atoms with E-state index < -0.39 is 0 Å². The van der Waals surface area contributed by atoms with Crippen molar-refractivity contribution in [2.45, 2.75) is 37.2 Å². The predicted octanol–water partition coefficient (Wildman–Crippen LogP) is 3.70. The number of benzene rings is 1. The number of aromatic amines is 1. The fourth-order valence-electron chi connectivity index (χ4n) is 3.13. The number of rotatable bonds is 5. The van der Waals surface area contributed by atoms with Crippen LogP contribution in [0.15, 0.2) is 40.0 Å². The van der Waals surface area contributed by atoms with E-state index in [1.54, 1.807) is 11.3 Å². The largest absolute Gasteiger partial charge is 0.457 e. The molecular weight excluding hydrogens is 368 g/mol. The van der Waals surface area contributed by atoms with Gasteiger partial charge in [0.1, 0.15) is 17.3 Å². The first-order valence-electron chi connectivity index (χ1n) is 8.57. The van der Waals surface area contributed by atoms with Crippen molar-refractivity contribution in [2.75, 3.05) is 5.75 Å². The van der Waals surface area contributed by atoms with Gasteiger partial charge in [0.2, 0.25) is 0 Å². The van der Waals surface area contributed by atoms with Gasteiger partial charge in [-0.1, -0.05) is 18.2 Å². The number of nitrogens with zero attached hydrogens (tertiary/aromatic N) is 1. The Morgan fingerprint density at radius 2 is 2.04 bits per heavy atom. The van der Waals surface area contributed by atoms with Gasteiger partial charge in [0.25, 0.3) is 5.56 Å². The molecule has 5 nitrogen and oxygen atoms in total. The van der Waals surface area contributed by atoms with E-state index in [9.17, 15) is 9.59 Å². The summed E-state index contributed by atoms with van der Waals surface area (Å²) in [7, 11) is 0. The van der Waals surface area contributed by atoms with E-state index in [-0.39, 0.29) is 23.9 Å². The fourth-order valence-corrected chi connectivity index (χ4v) is 5.12. The zero-order valence-electron chi connectivity index (χ0n) is 14.1. The summed E-state index contributed by atoms with van der Waals surface area (Å²) in [6.45, 7) is -0.0120. The Hall–Kier alpha value is -2.12. The van der Waals surface area contributed by atoms with Crippen LogP contribution in [0.2, 0.25) is 0 Å². The zero-order valence-corrected chi connectivity index (χ0v) is 15.8. The molecule has 1 aromatic carbocycles. The van der Waals surface area contributed by atoms with E-state index >= 15 is 0 Å². The number of thiophene rings is 1. The molecule has 134 valence electrons. The molecule has 0 fully saturated rings. The van der Waals surface area contributed by atoms with Crippen molar-refractivity contribution in [3.05, 3.63) is 57.0 Å². The number of hydrogen-bond donors (Lipinski definition) is 1. The molecule has 2 heterocycles. The SMILES string of the molecule is O=C(CSc1ccccc1)OCc1nc2sc3c(c2c(=O)[nH]1)CCCC3. The lowest BCUT2D eigenvalue weighted by Gasteiger charge is -2.09. The van der Waals surface area contributed by atoms with Gasteiger partial charge in [0, 0.05) is 9.77 Å². The van der Waals surface area contributed by atoms with E-state index in [2.05, 4.69) is 9.97 Å². The Kier molecular flexibility index (Phi) is 5.08. The first-order chi connectivity index (χ1) is 12.7. The van der Waals surface area contributed by atoms with E-state index in [1.807, 2.05) is 30.3 Å². The molecule has 7 heteroatoms. The van der Waals surface area contributed by atoms with Gasteiger partial charge in [-0.2, -0.15) is 0 Å². The Labute approximate surface area is 158 Å². The maximum atomic E-state index is 12.5. The monoisotopic (exact) mass is 386 g/mol. The highest BCUT2D eigenvalue weighted by Crippen LogP contribution is 2.33. The average Bonchev–Trinajstić information content (AvgIpc) is 3.04. The second kappa shape index (κ2) is 7.63. The van der Waals surface area contributed by atoms with E-state index in [0.717, 1.165) is 39.9 Å². The standard InChI is InChI=1S/C19H18N2O3S2/c22-16(11-25-12-6-2-1-3-7-12)24-10-15-20-18(23)17-13-8-4-5-9-14(13)26-19(17)21-15/h1-3,6-7H,4-5,8-11H2,(H,20,21,23). The van der Waals surface area contributed by atoms with Crippen LogP contribution in [0, 0.1) is 0 Å². The smallest absolute Gasteiger partial charge is 0.316 e. The molecular formula is C19H18N2O3S2. The highest BCUT2D eigenvalue weighted by Gasteiger charge is 2.20. The minimum Gasteiger partial charge on any atom is -0.457 e. The molecule has 0 bridgehead atoms. The van der Waals surface area contributed by atoms with Crippen LogP contribution in [0.5, 0.6) is 0 Å². The van der Waals surface area contributed by atoms with Crippen molar-refractivity contribution in [1.82, 2.24) is 9.97 Å². The minimum absolute atomic E-state index is 0.0120. The van der Waals surface area contributed by atoms with Crippen molar-refractivity contribution in [2.24, 2.45) is 0 Å². The van der Waals surface area contributed by atoms with Crippen LogP contribution in [0.25, 0.3) is 10.2 Å². The van der Waals surface area contributed by atoms with Crippen molar-refractivity contribution >= 4 is 39.3 Å². The molecule has 0 spiro atoms. The lowest BCUT2D eigenvalue weighted by atomic mass is 9.97. The van der Waals surface area contributed by atoms with E-state index in [0.29, 0.717) is 5.82 Å². The van der Waals surface area contributed by atoms with Crippen molar-refractivity contribution in [3.8, 4) is 0 Å². The number of hydrogen-bond acceptors (Lipinski definition) is 6. The summed E-state index contributed by atoms with van der Waals surface area (Å²) in [5.41, 5.74) is 1.03. The van der Waals surface area contributed by atoms with Gasteiger partial charge >= 0.3 is 5.97 Å². The number of ether oxygens (including phenoxy) is 1. The molecule has 1 aliphatic carbocycles. The van der Waals surface area contributed by atoms with Gasteiger partial charge in [0.15, 0.2) is 0 Å². The zero-order chi connectivity index (χ0) is 17.9. The maximum absolute atomic E-state index is 12.5. The summed E-state index contributed by atoms with van der Waals surface area (Å²) in [5, 5.41) is 0.722. The molecule has 0 radical (unpaired) electrons. The Morgan fingerprint density at radius 1 is 1.23 bits per heavy atom. The second-order valence-electron chi connectivity index (χ2n) is 6.17. The summed E-state index contributed by atoms with van der Waals surface area (Å²) in [4.78, 5) is 34.7. The molecule has 0 saturated carbocycles. The first kappa shape index (κ1) is 17.3. The molecule has 0 saturated heterocycles. The molecule has 1 aliphatic rings. The van der Waals surface area contributed by atoms with Crippen LogP contribution in [0.1, 0.15) is 29.1 Å². The van der Waals surface area contributed by atoms with Crippen molar-refractivity contribution in [1.29, 1.82) is 0 Å². The maximum Gasteiger partial charge on any atom is 0.316 e. The molecule has 0 unspecified atom stereocenters. The van der Waals surface area contributed by atoms with Crippen LogP contribution in [0.3, 0.4) is 0 Å². The summed E-state index contributed by atoms with van der Waals surface area (Å²) in [6.07, 6.45) is 4.26. The highest BCUT2D eigenvalue weighted by atomic mass is 32.2. The number of aromatic nitrogens is 2. The lowest BCUT2D eigenvalue weighted by molar-refractivity contribution is -0.141. The third-order valence-corrected chi connectivity index (χ3v) is 6.52. The normalized spacial score (nSPS) is 13.5. The van der Waals surface area contributed by atoms with Gasteiger partial charge in [-0.3, -0.25) is 9.59 Å². The number of fused-ring (bicyclic) bond motifs is 3. The number of esters is 1. The van der Waals surface area contributed by atoms with Crippen molar-refractivity contribution in [3.63, 3.8) is 0 Å². The number of nitrogens with one attached hydrogen (secondary N) is 1. The summed E-state index contributed by atoms with van der Waals surface area (Å²) in [6, 6.07) is 9.69. The third kappa shape index (κ3) is 3.68. The van der Waals surface area contributed by atoms with E-state index in [1.165, 1.54) is 23.1 Å². The number of thioether (sulfide) groups is 1. The van der Waals surface area contributed by atoms with E-state index in [4.69, 9.17) is 4.74 Å². The Morgan fingerprint density at radius 3 is 2.88 bits per heavy atom. The van der Waals surface area contributed by atoms with Crippen LogP contribution < -0.4 is 5.56 Å². The first-order valence-corrected chi connectivity index (χ1v) is 10.4. The molecule has 0 aliphatic heterocycles. The molecule has 1 N–H and O–H groups in total. The number of carbonyl (C=O) groups is 1. The summed E-state index contributed by atoms with van der Waals surface area (Å²) < 4.78 is 5.27. The quantitative estimate of drug-likeness (QED) is 0.535. The number of carbonyl (C=O) groups excluding carboxylic acids is 1. The van der Waals surface area contributed by atoms with Gasteiger partial charge in [-0.05, 0) is 43.4 Å². The van der Waals surface area contributed by atoms with Crippen LogP contribution in [-0.2, 0) is 29.0 Å². The Bertz CT molecular complexity index is 995. The molecule has 4 rings (SSSR count).